The van der Waals surface area contributed by atoms with Crippen molar-refractivity contribution >= 4 is 45.2 Å². The second-order valence-corrected chi connectivity index (χ2v) is 16.9. The molecule has 0 spiro atoms. The highest BCUT2D eigenvalue weighted by atomic mass is 32.2. The number of hydrogen-bond acceptors (Lipinski definition) is 14. The van der Waals surface area contributed by atoms with Gasteiger partial charge in [0.2, 0.25) is 21.9 Å². The fraction of sp³-hybridized carbons (Fsp3) is 0.357. The summed E-state index contributed by atoms with van der Waals surface area (Å²) < 4.78 is 48.0. The number of sulfonamides is 1. The van der Waals surface area contributed by atoms with Crippen LogP contribution >= 0.6 is 0 Å². The van der Waals surface area contributed by atoms with Crippen LogP contribution in [0.2, 0.25) is 0 Å². The number of ether oxygens (including phenoxy) is 4. The minimum atomic E-state index is -3.99. The van der Waals surface area contributed by atoms with Gasteiger partial charge in [0.25, 0.3) is 0 Å². The van der Waals surface area contributed by atoms with Crippen LogP contribution < -0.4 is 28.5 Å². The summed E-state index contributed by atoms with van der Waals surface area (Å²) in [5.41, 5.74) is 4.65. The Morgan fingerprint density at radius 2 is 1.38 bits per heavy atom. The average Bonchev–Trinajstić information content (AvgIpc) is 3.64. The van der Waals surface area contributed by atoms with Crippen LogP contribution in [-0.4, -0.2) is 93.4 Å². The normalized spacial score (nSPS) is 14.2. The molecule has 304 valence electrons. The SMILES string of the molecule is COc1ccc(CN(Cc2ccc(OC)cc2)c2ncc(-c3nc(N4CCOCC4)nc4c3CCN4c3ccc(N(C(=O)OC(C)(C)C)S(C)(=O)=O)cc3)cn2)cc1. The Kier molecular flexibility index (Phi) is 11.7. The molecule has 0 atom stereocenters. The van der Waals surface area contributed by atoms with Crippen LogP contribution in [0.4, 0.5) is 33.9 Å². The minimum Gasteiger partial charge on any atom is -0.497 e. The fourth-order valence-electron chi connectivity index (χ4n) is 6.85. The molecular formula is C42H48N8O7S. The van der Waals surface area contributed by atoms with Crippen molar-refractivity contribution in [3.63, 3.8) is 0 Å². The van der Waals surface area contributed by atoms with Crippen molar-refractivity contribution in [3.8, 4) is 22.8 Å². The highest BCUT2D eigenvalue weighted by Crippen LogP contribution is 2.40. The third-order valence-corrected chi connectivity index (χ3v) is 10.7. The zero-order valence-corrected chi connectivity index (χ0v) is 34.4. The van der Waals surface area contributed by atoms with Gasteiger partial charge in [0.15, 0.2) is 0 Å². The van der Waals surface area contributed by atoms with E-state index < -0.39 is 21.7 Å². The Morgan fingerprint density at radius 3 is 1.90 bits per heavy atom. The van der Waals surface area contributed by atoms with Gasteiger partial charge in [0.05, 0.1) is 45.1 Å². The first-order chi connectivity index (χ1) is 27.8. The smallest absolute Gasteiger partial charge is 0.428 e. The second kappa shape index (κ2) is 16.8. The van der Waals surface area contributed by atoms with Crippen molar-refractivity contribution in [3.05, 3.63) is 102 Å². The Labute approximate surface area is 339 Å². The number of rotatable bonds is 12. The number of benzene rings is 3. The van der Waals surface area contributed by atoms with E-state index in [2.05, 4.69) is 14.7 Å². The van der Waals surface area contributed by atoms with E-state index in [1.165, 1.54) is 0 Å². The van der Waals surface area contributed by atoms with Gasteiger partial charge in [-0.25, -0.2) is 28.2 Å². The van der Waals surface area contributed by atoms with Gasteiger partial charge in [0.1, 0.15) is 22.9 Å². The lowest BCUT2D eigenvalue weighted by Crippen LogP contribution is -2.40. The molecule has 4 heterocycles. The van der Waals surface area contributed by atoms with E-state index in [1.54, 1.807) is 59.3 Å². The maximum atomic E-state index is 13.0. The Hall–Kier alpha value is -6.00. The van der Waals surface area contributed by atoms with Crippen molar-refractivity contribution in [2.24, 2.45) is 0 Å². The number of methoxy groups -OCH3 is 2. The predicted molar refractivity (Wildman–Crippen MR) is 223 cm³/mol. The molecule has 5 aromatic rings. The van der Waals surface area contributed by atoms with Crippen molar-refractivity contribution in [1.29, 1.82) is 0 Å². The first kappa shape index (κ1) is 40.2. The predicted octanol–water partition coefficient (Wildman–Crippen LogP) is 6.39. The summed E-state index contributed by atoms with van der Waals surface area (Å²) in [6.07, 6.45) is 4.28. The highest BCUT2D eigenvalue weighted by molar-refractivity contribution is 7.92. The van der Waals surface area contributed by atoms with Gasteiger partial charge in [-0.1, -0.05) is 24.3 Å². The molecule has 0 radical (unpaired) electrons. The first-order valence-corrected chi connectivity index (χ1v) is 20.8. The maximum absolute atomic E-state index is 13.0. The molecule has 2 aromatic heterocycles. The van der Waals surface area contributed by atoms with Gasteiger partial charge < -0.3 is 33.6 Å². The van der Waals surface area contributed by atoms with Gasteiger partial charge >= 0.3 is 6.09 Å². The van der Waals surface area contributed by atoms with Crippen LogP contribution in [0.25, 0.3) is 11.3 Å². The lowest BCUT2D eigenvalue weighted by atomic mass is 10.1. The van der Waals surface area contributed by atoms with E-state index in [0.29, 0.717) is 68.6 Å². The molecule has 0 unspecified atom stereocenters. The summed E-state index contributed by atoms with van der Waals surface area (Å²) in [5.74, 6) is 3.43. The summed E-state index contributed by atoms with van der Waals surface area (Å²) in [5, 5.41) is 0. The lowest BCUT2D eigenvalue weighted by Gasteiger charge is -2.29. The number of nitrogens with zero attached hydrogens (tertiary/aromatic N) is 8. The summed E-state index contributed by atoms with van der Waals surface area (Å²) in [7, 11) is -0.684. The molecule has 3 aromatic carbocycles. The van der Waals surface area contributed by atoms with E-state index in [9.17, 15) is 13.2 Å². The van der Waals surface area contributed by atoms with E-state index in [0.717, 1.165) is 57.2 Å². The number of fused-ring (bicyclic) bond motifs is 1. The minimum absolute atomic E-state index is 0.169. The average molecular weight is 809 g/mol. The molecule has 0 N–H and O–H groups in total. The van der Waals surface area contributed by atoms with Gasteiger partial charge in [0, 0.05) is 61.9 Å². The van der Waals surface area contributed by atoms with Crippen LogP contribution in [0.5, 0.6) is 11.5 Å². The standard InChI is InChI=1S/C42H48N8O7S/c1-42(2,3)57-41(51)50(58(6,52)53)33-13-11-32(12-14-33)49-20-19-36-37(45-40(46-38(36)49)47-21-23-56-24-22-47)31-25-43-39(44-26-31)48(27-29-7-15-34(54-4)16-8-29)28-30-9-17-35(55-5)18-10-30/h7-18,25-26H,19-24,27-28H2,1-6H3. The third-order valence-electron chi connectivity index (χ3n) is 9.65. The zero-order valence-electron chi connectivity index (χ0n) is 33.6. The lowest BCUT2D eigenvalue weighted by molar-refractivity contribution is 0.0609. The number of carbonyl (C=O) groups excluding carboxylic acids is 1. The Bertz CT molecular complexity index is 2270. The number of amides is 1. The van der Waals surface area contributed by atoms with Crippen LogP contribution in [0.3, 0.4) is 0 Å². The molecule has 1 fully saturated rings. The summed E-state index contributed by atoms with van der Waals surface area (Å²) in [6.45, 7) is 9.18. The molecule has 16 heteroatoms. The van der Waals surface area contributed by atoms with Crippen molar-refractivity contribution in [1.82, 2.24) is 19.9 Å². The molecule has 1 saturated heterocycles. The summed E-state index contributed by atoms with van der Waals surface area (Å²) >= 11 is 0. The fourth-order valence-corrected chi connectivity index (χ4v) is 7.66. The number of carbonyl (C=O) groups is 1. The van der Waals surface area contributed by atoms with E-state index in [4.69, 9.17) is 38.9 Å². The van der Waals surface area contributed by atoms with Crippen LogP contribution in [0.1, 0.15) is 37.5 Å². The molecule has 58 heavy (non-hydrogen) atoms. The second-order valence-electron chi connectivity index (χ2n) is 15.0. The molecule has 2 aliphatic rings. The molecule has 0 aliphatic carbocycles. The quantitative estimate of drug-likeness (QED) is 0.137. The van der Waals surface area contributed by atoms with Gasteiger partial charge in [-0.3, -0.25) is 0 Å². The molecule has 0 bridgehead atoms. The first-order valence-electron chi connectivity index (χ1n) is 19.0. The van der Waals surface area contributed by atoms with Gasteiger partial charge in [-0.15, -0.1) is 0 Å². The molecule has 7 rings (SSSR count). The monoisotopic (exact) mass is 808 g/mol. The van der Waals surface area contributed by atoms with Gasteiger partial charge in [-0.2, -0.15) is 9.29 Å². The van der Waals surface area contributed by atoms with Gasteiger partial charge in [-0.05, 0) is 86.8 Å². The molecule has 1 amide bonds. The number of aromatic nitrogens is 4. The number of morpholine rings is 1. The van der Waals surface area contributed by atoms with Crippen LogP contribution in [-0.2, 0) is 39.0 Å². The van der Waals surface area contributed by atoms with Crippen molar-refractivity contribution in [2.45, 2.75) is 45.9 Å². The topological polar surface area (TPSA) is 153 Å². The van der Waals surface area contributed by atoms with E-state index >= 15 is 0 Å². The molecular weight excluding hydrogens is 761 g/mol. The molecule has 0 saturated carbocycles. The zero-order chi connectivity index (χ0) is 41.0. The third kappa shape index (κ3) is 9.24. The largest absolute Gasteiger partial charge is 0.497 e. The van der Waals surface area contributed by atoms with Crippen molar-refractivity contribution < 1.29 is 32.2 Å². The summed E-state index contributed by atoms with van der Waals surface area (Å²) in [6, 6.07) is 22.7. The number of anilines is 5. The van der Waals surface area contributed by atoms with E-state index in [1.807, 2.05) is 60.9 Å². The van der Waals surface area contributed by atoms with Crippen molar-refractivity contribution in [2.75, 3.05) is 72.3 Å². The van der Waals surface area contributed by atoms with E-state index in [-0.39, 0.29) is 5.69 Å². The van der Waals surface area contributed by atoms with Crippen LogP contribution in [0.15, 0.2) is 85.2 Å². The number of hydrogen-bond donors (Lipinski definition) is 0. The van der Waals surface area contributed by atoms with Crippen LogP contribution in [0, 0.1) is 0 Å². The Balaban J connectivity index is 1.22. The maximum Gasteiger partial charge on any atom is 0.428 e. The Morgan fingerprint density at radius 1 is 0.810 bits per heavy atom. The molecule has 15 nitrogen and oxygen atoms in total. The molecule has 2 aliphatic heterocycles. The highest BCUT2D eigenvalue weighted by Gasteiger charge is 2.32. The summed E-state index contributed by atoms with van der Waals surface area (Å²) in [4.78, 5) is 39.3.